The molecule has 0 aliphatic carbocycles. The van der Waals surface area contributed by atoms with Gasteiger partial charge in [0.2, 0.25) is 0 Å². The number of hydrogen-bond acceptors (Lipinski definition) is 4. The van der Waals surface area contributed by atoms with E-state index in [2.05, 4.69) is 116 Å². The first-order valence-corrected chi connectivity index (χ1v) is 18.4. The summed E-state index contributed by atoms with van der Waals surface area (Å²) in [5.74, 6) is 2.82. The minimum absolute atomic E-state index is 0.688. The van der Waals surface area contributed by atoms with E-state index in [0.717, 1.165) is 28.3 Å². The van der Waals surface area contributed by atoms with Crippen molar-refractivity contribution in [2.75, 3.05) is 10.2 Å². The molecule has 0 atom stereocenters. The van der Waals surface area contributed by atoms with E-state index in [4.69, 9.17) is 9.47 Å². The van der Waals surface area contributed by atoms with Crippen LogP contribution in [0.25, 0.3) is 11.1 Å². The van der Waals surface area contributed by atoms with E-state index >= 15 is 0 Å². The molecule has 0 saturated heterocycles. The zero-order chi connectivity index (χ0) is 30.3. The van der Waals surface area contributed by atoms with Crippen molar-refractivity contribution < 1.29 is 9.47 Å². The second kappa shape index (κ2) is 9.65. The van der Waals surface area contributed by atoms with Crippen molar-refractivity contribution in [1.29, 1.82) is 0 Å². The van der Waals surface area contributed by atoms with Crippen LogP contribution >= 0.6 is 0 Å². The van der Waals surface area contributed by atoms with Crippen molar-refractivity contribution in [3.8, 4) is 34.1 Å². The van der Waals surface area contributed by atoms with Crippen LogP contribution in [0.15, 0.2) is 121 Å². The van der Waals surface area contributed by atoms with Gasteiger partial charge in [-0.05, 0) is 76.4 Å². The lowest BCUT2D eigenvalue weighted by Crippen LogP contribution is -2.62. The highest BCUT2D eigenvalue weighted by atomic mass is 28.3. The molecule has 1 radical (unpaired) electrons. The van der Waals surface area contributed by atoms with Crippen LogP contribution < -0.4 is 41.0 Å². The molecule has 0 unspecified atom stereocenters. The molecule has 0 aromatic heterocycles. The summed E-state index contributed by atoms with van der Waals surface area (Å²) in [5.41, 5.74) is 11.6. The van der Waals surface area contributed by atoms with Gasteiger partial charge >= 0.3 is 0 Å². The fourth-order valence-electron chi connectivity index (χ4n) is 7.22. The summed E-state index contributed by atoms with van der Waals surface area (Å²) in [7, 11) is 0.486. The van der Waals surface area contributed by atoms with Gasteiger partial charge < -0.3 is 19.7 Å². The van der Waals surface area contributed by atoms with Gasteiger partial charge in [0.05, 0.1) is 5.69 Å². The number of anilines is 5. The minimum atomic E-state index is -1.90. The van der Waals surface area contributed by atoms with E-state index in [9.17, 15) is 0 Å². The third-order valence-electron chi connectivity index (χ3n) is 9.34. The Labute approximate surface area is 265 Å². The van der Waals surface area contributed by atoms with E-state index in [0.29, 0.717) is 17.2 Å². The standard InChI is InChI=1S/C39H30BN2O2Si/c1-24-20-27(26-22-34-35(44-33-17-9-8-16-32(33)43-34)23-29(26)41-25-12-5-4-6-13-25)38-31(21-24)42-30-15-7-10-18-36(30)45(2,3)37-19-11-14-28(40-38)39(37)42/h4-23,41H,1-3H3. The Morgan fingerprint density at radius 3 is 2.11 bits per heavy atom. The molecular weight excluding hydrogens is 567 g/mol. The van der Waals surface area contributed by atoms with E-state index < -0.39 is 8.07 Å². The average Bonchev–Trinajstić information content (AvgIpc) is 3.05. The number of nitrogens with zero attached hydrogens (tertiary/aromatic N) is 1. The van der Waals surface area contributed by atoms with Crippen LogP contribution in [-0.2, 0) is 0 Å². The van der Waals surface area contributed by atoms with Crippen molar-refractivity contribution in [3.05, 3.63) is 127 Å². The molecule has 6 heteroatoms. The van der Waals surface area contributed by atoms with Crippen molar-refractivity contribution >= 4 is 65.1 Å². The smallest absolute Gasteiger partial charge is 0.197 e. The molecule has 0 saturated carbocycles. The first-order valence-electron chi connectivity index (χ1n) is 15.4. The first kappa shape index (κ1) is 26.2. The lowest BCUT2D eigenvalue weighted by Gasteiger charge is -2.45. The molecule has 0 bridgehead atoms. The second-order valence-corrected chi connectivity index (χ2v) is 16.9. The maximum atomic E-state index is 6.44. The number of nitrogens with one attached hydrogen (secondary N) is 1. The largest absolute Gasteiger partial charge is 0.449 e. The van der Waals surface area contributed by atoms with Crippen molar-refractivity contribution in [3.63, 3.8) is 0 Å². The molecule has 3 heterocycles. The van der Waals surface area contributed by atoms with Gasteiger partial charge in [-0.3, -0.25) is 0 Å². The highest BCUT2D eigenvalue weighted by Crippen LogP contribution is 2.50. The number of para-hydroxylation sites is 5. The van der Waals surface area contributed by atoms with Crippen molar-refractivity contribution in [2.45, 2.75) is 20.0 Å². The third-order valence-corrected chi connectivity index (χ3v) is 12.9. The number of ether oxygens (including phenoxy) is 2. The van der Waals surface area contributed by atoms with Crippen LogP contribution in [0, 0.1) is 6.92 Å². The second-order valence-electron chi connectivity index (χ2n) is 12.6. The Kier molecular flexibility index (Phi) is 5.62. The minimum Gasteiger partial charge on any atom is -0.449 e. The van der Waals surface area contributed by atoms with Crippen LogP contribution in [-0.4, -0.2) is 15.4 Å². The van der Waals surface area contributed by atoms with Gasteiger partial charge in [-0.15, -0.1) is 0 Å². The molecule has 45 heavy (non-hydrogen) atoms. The van der Waals surface area contributed by atoms with Gasteiger partial charge in [-0.1, -0.05) is 91.4 Å². The van der Waals surface area contributed by atoms with E-state index in [1.165, 1.54) is 43.9 Å². The number of rotatable bonds is 3. The van der Waals surface area contributed by atoms with Gasteiger partial charge in [0.15, 0.2) is 30.3 Å². The number of aryl methyl sites for hydroxylation is 1. The zero-order valence-electron chi connectivity index (χ0n) is 25.4. The van der Waals surface area contributed by atoms with Gasteiger partial charge in [0, 0.05) is 34.4 Å². The average molecular weight is 598 g/mol. The van der Waals surface area contributed by atoms with Crippen LogP contribution in [0.4, 0.5) is 28.4 Å². The molecule has 3 aliphatic heterocycles. The van der Waals surface area contributed by atoms with E-state index in [1.54, 1.807) is 0 Å². The van der Waals surface area contributed by atoms with E-state index in [-0.39, 0.29) is 0 Å². The van der Waals surface area contributed by atoms with Gasteiger partial charge in [-0.2, -0.15) is 0 Å². The highest BCUT2D eigenvalue weighted by Gasteiger charge is 2.42. The topological polar surface area (TPSA) is 33.7 Å². The van der Waals surface area contributed by atoms with Crippen molar-refractivity contribution in [1.82, 2.24) is 0 Å². The molecule has 0 amide bonds. The normalized spacial score (nSPS) is 14.3. The molecule has 0 fully saturated rings. The Bertz CT molecular complexity index is 2180. The maximum Gasteiger partial charge on any atom is 0.197 e. The first-order chi connectivity index (χ1) is 22.0. The fraction of sp³-hybridized carbons (Fsp3) is 0.0769. The highest BCUT2D eigenvalue weighted by molar-refractivity contribution is 7.03. The Morgan fingerprint density at radius 1 is 0.622 bits per heavy atom. The summed E-state index contributed by atoms with van der Waals surface area (Å²) in [4.78, 5) is 2.52. The Morgan fingerprint density at radius 2 is 1.31 bits per heavy atom. The Hall–Kier alpha value is -5.20. The summed E-state index contributed by atoms with van der Waals surface area (Å²) in [6.45, 7) is 7.15. The lowest BCUT2D eigenvalue weighted by molar-refractivity contribution is 0.360. The van der Waals surface area contributed by atoms with Crippen LogP contribution in [0.5, 0.6) is 23.0 Å². The molecule has 215 valence electrons. The summed E-state index contributed by atoms with van der Waals surface area (Å²) < 4.78 is 12.8. The van der Waals surface area contributed by atoms with Gasteiger partial charge in [0.1, 0.15) is 8.07 Å². The SMILES string of the molecule is Cc1cc(-c2cc3c(cc2Nc2ccccc2)Oc2ccccc2O3)c2c(c1)N1c3ccccc3[Si](C)(C)c3cccc(c31)[B]2. The molecule has 0 spiro atoms. The fourth-order valence-corrected chi connectivity index (χ4v) is 10.2. The maximum absolute atomic E-state index is 6.44. The van der Waals surface area contributed by atoms with Crippen LogP contribution in [0.1, 0.15) is 5.56 Å². The van der Waals surface area contributed by atoms with Crippen LogP contribution in [0.2, 0.25) is 13.1 Å². The molecule has 4 nitrogen and oxygen atoms in total. The summed E-state index contributed by atoms with van der Waals surface area (Å²) >= 11 is 0. The monoisotopic (exact) mass is 597 g/mol. The molecule has 1 N–H and O–H groups in total. The van der Waals surface area contributed by atoms with Gasteiger partial charge in [0.25, 0.3) is 0 Å². The molecular formula is C39H30BN2O2Si. The Balaban J connectivity index is 1.28. The summed E-state index contributed by atoms with van der Waals surface area (Å²) in [6, 6.07) is 42.8. The molecule has 9 rings (SSSR count). The number of fused-ring (bicyclic) bond motifs is 6. The zero-order valence-corrected chi connectivity index (χ0v) is 26.4. The predicted molar refractivity (Wildman–Crippen MR) is 189 cm³/mol. The number of benzene rings is 6. The van der Waals surface area contributed by atoms with E-state index in [1.807, 2.05) is 42.5 Å². The quantitative estimate of drug-likeness (QED) is 0.210. The molecule has 6 aromatic carbocycles. The van der Waals surface area contributed by atoms with Crippen LogP contribution in [0.3, 0.4) is 0 Å². The molecule has 3 aliphatic rings. The van der Waals surface area contributed by atoms with Crippen molar-refractivity contribution in [2.24, 2.45) is 0 Å². The lowest BCUT2D eigenvalue weighted by atomic mass is 9.58. The predicted octanol–water partition coefficient (Wildman–Crippen LogP) is 7.88. The third kappa shape index (κ3) is 3.99. The number of hydrogen-bond donors (Lipinski definition) is 1. The summed E-state index contributed by atoms with van der Waals surface area (Å²) in [6.07, 6.45) is 0. The molecule has 6 aromatic rings. The van der Waals surface area contributed by atoms with Gasteiger partial charge in [-0.25, -0.2) is 0 Å². The summed E-state index contributed by atoms with van der Waals surface area (Å²) in [5, 5.41) is 6.65.